The molecular weight excluding hydrogens is 665 g/mol. The zero-order valence-corrected chi connectivity index (χ0v) is 22.4. The van der Waals surface area contributed by atoms with Crippen LogP contribution in [0.3, 0.4) is 0 Å². The Kier molecular flexibility index (Phi) is 181. The molecule has 0 aliphatic rings. The van der Waals surface area contributed by atoms with Crippen LogP contribution < -0.4 is 0 Å². The average molecular weight is 683 g/mol. The van der Waals surface area contributed by atoms with E-state index in [9.17, 15) is 0 Å². The molecule has 0 unspecified atom stereocenters. The Morgan fingerprint density at radius 3 is 0.417 bits per heavy atom. The van der Waals surface area contributed by atoms with E-state index in [1.807, 2.05) is 0 Å². The van der Waals surface area contributed by atoms with Crippen molar-refractivity contribution in [3.8, 4) is 0 Å². The summed E-state index contributed by atoms with van der Waals surface area (Å²) in [5, 5.41) is 0. The Morgan fingerprint density at radius 1 is 0.417 bits per heavy atom. The van der Waals surface area contributed by atoms with Gasteiger partial charge in [-0.05, 0) is 0 Å². The van der Waals surface area contributed by atoms with Crippen molar-refractivity contribution in [2.75, 3.05) is 0 Å². The summed E-state index contributed by atoms with van der Waals surface area (Å²) in [6.45, 7) is 0. The van der Waals surface area contributed by atoms with E-state index < -0.39 is 0 Å². The quantitative estimate of drug-likeness (QED) is 0.338. The van der Waals surface area contributed by atoms with E-state index >= 15 is 0 Å². The fraction of sp³-hybridized carbons (Fsp3) is 1.00. The molecule has 0 fully saturated rings. The molecule has 0 spiro atoms. The van der Waals surface area contributed by atoms with Gasteiger partial charge in [-0.1, -0.05) is 0 Å². The molecular formula is C6H18Se3Sn3. The minimum Gasteiger partial charge on any atom is 0 e. The maximum Gasteiger partial charge on any atom is 0 e. The van der Waals surface area contributed by atoms with Crippen molar-refractivity contribution >= 4 is 115 Å². The molecule has 0 aromatic rings. The summed E-state index contributed by atoms with van der Waals surface area (Å²) in [6.07, 6.45) is 0. The predicted molar refractivity (Wildman–Crippen MR) is 69.7 cm³/mol. The second-order valence-electron chi connectivity index (χ2n) is 1.50. The van der Waals surface area contributed by atoms with Gasteiger partial charge in [-0.2, -0.15) is 0 Å². The topological polar surface area (TPSA) is 0 Å². The van der Waals surface area contributed by atoms with Crippen LogP contribution in [0.4, 0.5) is 0 Å². The summed E-state index contributed by atoms with van der Waals surface area (Å²) in [5.41, 5.74) is 0. The number of hydrogen-bond acceptors (Lipinski definition) is 0. The van der Waals surface area contributed by atoms with Gasteiger partial charge in [0.05, 0.1) is 0 Å². The van der Waals surface area contributed by atoms with Crippen LogP contribution in [0.1, 0.15) is 0 Å². The smallest absolute Gasteiger partial charge is 0 e. The largest absolute Gasteiger partial charge is 0 e. The molecule has 72 valence electrons. The van der Waals surface area contributed by atoms with E-state index in [4.69, 9.17) is 0 Å². The molecule has 0 saturated heterocycles. The summed E-state index contributed by atoms with van der Waals surface area (Å²) in [5.74, 6) is 0. The SMILES string of the molecule is [CH3][Sn][CH3].[CH3][Sn][CH3].[CH3][Sn][CH3].[Se].[Se].[Se]. The molecule has 0 nitrogen and oxygen atoms in total. The van der Waals surface area contributed by atoms with E-state index in [0.29, 0.717) is 0 Å². The van der Waals surface area contributed by atoms with E-state index in [-0.39, 0.29) is 115 Å². The van der Waals surface area contributed by atoms with Crippen molar-refractivity contribution < 1.29 is 0 Å². The predicted octanol–water partition coefficient (Wildman–Crippen LogP) is 1.22. The maximum atomic E-state index is 2.30. The monoisotopic (exact) mass is 690 g/mol. The van der Waals surface area contributed by atoms with Gasteiger partial charge >= 0.3 is 93.1 Å². The average Bonchev–Trinajstić information content (AvgIpc) is 1.70. The van der Waals surface area contributed by atoms with E-state index in [0.717, 1.165) is 0 Å². The molecule has 12 radical (unpaired) electrons. The molecule has 0 saturated carbocycles. The maximum absolute atomic E-state index is 2.30. The zero-order chi connectivity index (χ0) is 8.12. The first-order valence-corrected chi connectivity index (χ1v) is 20.1. The van der Waals surface area contributed by atoms with Gasteiger partial charge in [0.2, 0.25) is 0 Å². The van der Waals surface area contributed by atoms with Gasteiger partial charge < -0.3 is 0 Å². The van der Waals surface area contributed by atoms with Gasteiger partial charge in [0.15, 0.2) is 0 Å². The first-order valence-electron chi connectivity index (χ1n) is 3.00. The molecule has 6 heteroatoms. The van der Waals surface area contributed by atoms with Crippen molar-refractivity contribution in [3.63, 3.8) is 0 Å². The molecule has 0 atom stereocenters. The van der Waals surface area contributed by atoms with Crippen molar-refractivity contribution in [2.24, 2.45) is 0 Å². The zero-order valence-electron chi connectivity index (χ0n) is 8.72. The summed E-state index contributed by atoms with van der Waals surface area (Å²) >= 11 is 0.690. The van der Waals surface area contributed by atoms with Crippen LogP contribution in [0.15, 0.2) is 0 Å². The summed E-state index contributed by atoms with van der Waals surface area (Å²) in [6, 6.07) is 0. The second kappa shape index (κ2) is 60.2. The van der Waals surface area contributed by atoms with Crippen molar-refractivity contribution in [1.82, 2.24) is 0 Å². The Balaban J connectivity index is -0.00000001000. The minimum atomic E-state index is 0. The number of hydrogen-bond donors (Lipinski definition) is 0. The molecule has 0 aliphatic carbocycles. The Hall–Kier alpha value is 3.95. The van der Waals surface area contributed by atoms with Crippen LogP contribution >= 0.6 is 0 Å². The standard InChI is InChI=1S/6CH3.3Se.3Sn/h6*1H3;;;;;;. The molecule has 0 aromatic carbocycles. The summed E-state index contributed by atoms with van der Waals surface area (Å²) in [4.78, 5) is 13.8. The van der Waals surface area contributed by atoms with E-state index in [1.165, 1.54) is 0 Å². The Labute approximate surface area is 141 Å². The Morgan fingerprint density at radius 2 is 0.417 bits per heavy atom. The van der Waals surface area contributed by atoms with Gasteiger partial charge in [-0.25, -0.2) is 0 Å². The fourth-order valence-corrected chi connectivity index (χ4v) is 0. The van der Waals surface area contributed by atoms with Gasteiger partial charge in [0.1, 0.15) is 0 Å². The summed E-state index contributed by atoms with van der Waals surface area (Å²) < 4.78 is 0. The van der Waals surface area contributed by atoms with E-state index in [2.05, 4.69) is 29.6 Å². The van der Waals surface area contributed by atoms with Crippen LogP contribution in [0.2, 0.25) is 29.6 Å². The first kappa shape index (κ1) is 36.0. The molecule has 0 bridgehead atoms. The van der Waals surface area contributed by atoms with Crippen LogP contribution in [-0.4, -0.2) is 115 Å². The van der Waals surface area contributed by atoms with Crippen molar-refractivity contribution in [2.45, 2.75) is 29.6 Å². The van der Waals surface area contributed by atoms with Crippen LogP contribution in [0.25, 0.3) is 0 Å². The molecule has 12 heavy (non-hydrogen) atoms. The molecule has 0 N–H and O–H groups in total. The van der Waals surface area contributed by atoms with E-state index in [1.54, 1.807) is 0 Å². The van der Waals surface area contributed by atoms with Crippen LogP contribution in [0, 0.1) is 0 Å². The third-order valence-electron chi connectivity index (χ3n) is 0. The van der Waals surface area contributed by atoms with Gasteiger partial charge in [0, 0.05) is 51.2 Å². The second-order valence-corrected chi connectivity index (χ2v) is 10.1. The van der Waals surface area contributed by atoms with Crippen molar-refractivity contribution in [1.29, 1.82) is 0 Å². The molecule has 0 heterocycles. The molecule has 0 aliphatic heterocycles. The number of rotatable bonds is 0. The molecule has 0 rings (SSSR count). The van der Waals surface area contributed by atoms with Gasteiger partial charge in [0.25, 0.3) is 0 Å². The van der Waals surface area contributed by atoms with Crippen LogP contribution in [0.5, 0.6) is 0 Å². The Bertz CT molecular complexity index is 22.8. The third-order valence-corrected chi connectivity index (χ3v) is 0. The molecule has 0 aromatic heterocycles. The summed E-state index contributed by atoms with van der Waals surface area (Å²) in [7, 11) is 0. The minimum absolute atomic E-state index is 0. The van der Waals surface area contributed by atoms with Crippen molar-refractivity contribution in [3.05, 3.63) is 0 Å². The van der Waals surface area contributed by atoms with Gasteiger partial charge in [-0.15, -0.1) is 0 Å². The molecule has 0 amide bonds. The van der Waals surface area contributed by atoms with Crippen LogP contribution in [-0.2, 0) is 0 Å². The fourth-order valence-electron chi connectivity index (χ4n) is 0. The normalized spacial score (nSPS) is 4.50. The first-order chi connectivity index (χ1) is 4.24. The third kappa shape index (κ3) is 150. The van der Waals surface area contributed by atoms with Gasteiger partial charge in [-0.3, -0.25) is 0 Å².